The summed E-state index contributed by atoms with van der Waals surface area (Å²) >= 11 is 1.61. The Morgan fingerprint density at radius 2 is 2.50 bits per heavy atom. The molecule has 0 spiro atoms. The summed E-state index contributed by atoms with van der Waals surface area (Å²) in [6, 6.07) is 0. The van der Waals surface area contributed by atoms with E-state index in [-0.39, 0.29) is 12.1 Å². The molecule has 0 radical (unpaired) electrons. The molecule has 0 aromatic carbocycles. The second-order valence-electron chi connectivity index (χ2n) is 4.18. The third-order valence-corrected chi connectivity index (χ3v) is 3.60. The molecular formula is C10H16N2OS. The van der Waals surface area contributed by atoms with Crippen molar-refractivity contribution in [2.75, 3.05) is 6.61 Å². The van der Waals surface area contributed by atoms with Crippen LogP contribution in [-0.4, -0.2) is 22.2 Å². The fourth-order valence-corrected chi connectivity index (χ4v) is 2.23. The van der Waals surface area contributed by atoms with Gasteiger partial charge in [0.15, 0.2) is 0 Å². The number of aliphatic hydroxyl groups is 1. The first-order valence-electron chi connectivity index (χ1n) is 4.97. The number of thiazole rings is 1. The van der Waals surface area contributed by atoms with Gasteiger partial charge in [-0.15, -0.1) is 11.3 Å². The number of hydrogen-bond acceptors (Lipinski definition) is 4. The largest absolute Gasteiger partial charge is 0.394 e. The molecule has 1 unspecified atom stereocenters. The molecule has 1 aromatic rings. The summed E-state index contributed by atoms with van der Waals surface area (Å²) in [6.07, 6.45) is 2.47. The van der Waals surface area contributed by atoms with Crippen molar-refractivity contribution in [2.45, 2.75) is 31.8 Å². The first-order valence-corrected chi connectivity index (χ1v) is 5.92. The van der Waals surface area contributed by atoms with Crippen LogP contribution in [-0.2, 0) is 6.54 Å². The number of nitrogens with zero attached hydrogens (tertiary/aromatic N) is 1. The first kappa shape index (κ1) is 10.1. The SMILES string of the molecule is CC(CO)(NCc1cscn1)C1CC1. The number of rotatable bonds is 5. The molecule has 1 saturated carbocycles. The van der Waals surface area contributed by atoms with Gasteiger partial charge in [0.1, 0.15) is 0 Å². The highest BCUT2D eigenvalue weighted by molar-refractivity contribution is 7.07. The van der Waals surface area contributed by atoms with E-state index in [9.17, 15) is 5.11 Å². The molecular weight excluding hydrogens is 196 g/mol. The zero-order chi connectivity index (χ0) is 10.0. The fraction of sp³-hybridized carbons (Fsp3) is 0.700. The van der Waals surface area contributed by atoms with Crippen LogP contribution in [0.3, 0.4) is 0 Å². The van der Waals surface area contributed by atoms with E-state index in [1.807, 2.05) is 10.9 Å². The van der Waals surface area contributed by atoms with Gasteiger partial charge in [-0.3, -0.25) is 0 Å². The average molecular weight is 212 g/mol. The topological polar surface area (TPSA) is 45.1 Å². The Balaban J connectivity index is 1.89. The molecule has 0 aliphatic heterocycles. The molecule has 0 amide bonds. The summed E-state index contributed by atoms with van der Waals surface area (Å²) in [7, 11) is 0. The van der Waals surface area contributed by atoms with Gasteiger partial charge in [0.2, 0.25) is 0 Å². The molecule has 0 bridgehead atoms. The highest BCUT2D eigenvalue weighted by Crippen LogP contribution is 2.39. The minimum Gasteiger partial charge on any atom is -0.394 e. The van der Waals surface area contributed by atoms with E-state index in [1.165, 1.54) is 12.8 Å². The summed E-state index contributed by atoms with van der Waals surface area (Å²) in [4.78, 5) is 4.21. The molecule has 0 saturated heterocycles. The number of aliphatic hydroxyl groups excluding tert-OH is 1. The van der Waals surface area contributed by atoms with Crippen LogP contribution in [0.15, 0.2) is 10.9 Å². The third-order valence-electron chi connectivity index (χ3n) is 2.96. The third kappa shape index (κ3) is 2.13. The Labute approximate surface area is 88.2 Å². The summed E-state index contributed by atoms with van der Waals surface area (Å²) in [5.74, 6) is 0.645. The van der Waals surface area contributed by atoms with Crippen molar-refractivity contribution in [3.8, 4) is 0 Å². The van der Waals surface area contributed by atoms with Crippen LogP contribution < -0.4 is 5.32 Å². The van der Waals surface area contributed by atoms with Crippen molar-refractivity contribution in [1.82, 2.24) is 10.3 Å². The minimum atomic E-state index is -0.108. The lowest BCUT2D eigenvalue weighted by molar-refractivity contribution is 0.153. The number of hydrogen-bond donors (Lipinski definition) is 2. The number of aromatic nitrogens is 1. The van der Waals surface area contributed by atoms with Gasteiger partial charge in [-0.25, -0.2) is 4.98 Å². The Kier molecular flexibility index (Phi) is 2.85. The summed E-state index contributed by atoms with van der Waals surface area (Å²) in [5, 5.41) is 14.8. The Morgan fingerprint density at radius 1 is 1.71 bits per heavy atom. The number of nitrogens with one attached hydrogen (secondary N) is 1. The monoisotopic (exact) mass is 212 g/mol. The maximum Gasteiger partial charge on any atom is 0.0795 e. The predicted octanol–water partition coefficient (Wildman–Crippen LogP) is 1.39. The molecule has 14 heavy (non-hydrogen) atoms. The highest BCUT2D eigenvalue weighted by Gasteiger charge is 2.40. The van der Waals surface area contributed by atoms with Gasteiger partial charge in [-0.05, 0) is 25.7 Å². The van der Waals surface area contributed by atoms with Gasteiger partial charge in [0, 0.05) is 17.5 Å². The van der Waals surface area contributed by atoms with Gasteiger partial charge in [-0.1, -0.05) is 0 Å². The van der Waals surface area contributed by atoms with Crippen molar-refractivity contribution in [2.24, 2.45) is 5.92 Å². The lowest BCUT2D eigenvalue weighted by Crippen LogP contribution is -2.47. The molecule has 78 valence electrons. The molecule has 1 atom stereocenters. The van der Waals surface area contributed by atoms with E-state index < -0.39 is 0 Å². The van der Waals surface area contributed by atoms with Crippen molar-refractivity contribution in [3.63, 3.8) is 0 Å². The smallest absolute Gasteiger partial charge is 0.0795 e. The zero-order valence-electron chi connectivity index (χ0n) is 8.36. The second kappa shape index (κ2) is 3.96. The summed E-state index contributed by atoms with van der Waals surface area (Å²) < 4.78 is 0. The summed E-state index contributed by atoms with van der Waals surface area (Å²) in [6.45, 7) is 3.07. The van der Waals surface area contributed by atoms with E-state index in [1.54, 1.807) is 11.3 Å². The van der Waals surface area contributed by atoms with Gasteiger partial charge in [0.25, 0.3) is 0 Å². The zero-order valence-corrected chi connectivity index (χ0v) is 9.18. The molecule has 3 nitrogen and oxygen atoms in total. The second-order valence-corrected chi connectivity index (χ2v) is 4.90. The Morgan fingerprint density at radius 3 is 3.00 bits per heavy atom. The van der Waals surface area contributed by atoms with Crippen LogP contribution in [0.5, 0.6) is 0 Å². The first-order chi connectivity index (χ1) is 6.74. The average Bonchev–Trinajstić information content (AvgIpc) is 2.94. The fourth-order valence-electron chi connectivity index (χ4n) is 1.67. The van der Waals surface area contributed by atoms with Crippen molar-refractivity contribution in [1.29, 1.82) is 0 Å². The molecule has 1 aliphatic carbocycles. The molecule has 2 N–H and O–H groups in total. The Bertz CT molecular complexity index is 284. The van der Waals surface area contributed by atoms with Crippen LogP contribution in [0.25, 0.3) is 0 Å². The normalized spacial score (nSPS) is 20.7. The van der Waals surface area contributed by atoms with Crippen LogP contribution in [0.2, 0.25) is 0 Å². The van der Waals surface area contributed by atoms with Crippen LogP contribution in [0.4, 0.5) is 0 Å². The quantitative estimate of drug-likeness (QED) is 0.775. The van der Waals surface area contributed by atoms with E-state index in [0.717, 1.165) is 12.2 Å². The van der Waals surface area contributed by atoms with Gasteiger partial charge < -0.3 is 10.4 Å². The van der Waals surface area contributed by atoms with Crippen molar-refractivity contribution in [3.05, 3.63) is 16.6 Å². The lowest BCUT2D eigenvalue weighted by Gasteiger charge is -2.28. The highest BCUT2D eigenvalue weighted by atomic mass is 32.1. The van der Waals surface area contributed by atoms with Crippen molar-refractivity contribution >= 4 is 11.3 Å². The van der Waals surface area contributed by atoms with Gasteiger partial charge in [0.05, 0.1) is 17.8 Å². The maximum atomic E-state index is 9.34. The van der Waals surface area contributed by atoms with E-state index in [2.05, 4.69) is 17.2 Å². The van der Waals surface area contributed by atoms with Gasteiger partial charge >= 0.3 is 0 Å². The maximum absolute atomic E-state index is 9.34. The van der Waals surface area contributed by atoms with E-state index in [4.69, 9.17) is 0 Å². The molecule has 2 rings (SSSR count). The standard InChI is InChI=1S/C10H16N2OS/c1-10(6-13,8-2-3-8)12-4-9-5-14-7-11-9/h5,7-8,12-13H,2-4,6H2,1H3. The molecule has 1 fully saturated rings. The molecule has 4 heteroatoms. The molecule has 1 heterocycles. The van der Waals surface area contributed by atoms with E-state index >= 15 is 0 Å². The van der Waals surface area contributed by atoms with Crippen LogP contribution in [0, 0.1) is 5.92 Å². The van der Waals surface area contributed by atoms with E-state index in [0.29, 0.717) is 5.92 Å². The minimum absolute atomic E-state index is 0.108. The molecule has 1 aliphatic rings. The van der Waals surface area contributed by atoms with Crippen LogP contribution >= 0.6 is 11.3 Å². The van der Waals surface area contributed by atoms with Crippen LogP contribution in [0.1, 0.15) is 25.5 Å². The molecule has 1 aromatic heterocycles. The van der Waals surface area contributed by atoms with Crippen molar-refractivity contribution < 1.29 is 5.11 Å². The Hall–Kier alpha value is -0.450. The summed E-state index contributed by atoms with van der Waals surface area (Å²) in [5.41, 5.74) is 2.80. The predicted molar refractivity (Wildman–Crippen MR) is 57.2 cm³/mol. The van der Waals surface area contributed by atoms with Gasteiger partial charge in [-0.2, -0.15) is 0 Å². The lowest BCUT2D eigenvalue weighted by atomic mass is 9.97.